The first kappa shape index (κ1) is 16.1. The van der Waals surface area contributed by atoms with Gasteiger partial charge in [0.25, 0.3) is 0 Å². The van der Waals surface area contributed by atoms with E-state index in [4.69, 9.17) is 4.74 Å². The van der Waals surface area contributed by atoms with Crippen molar-refractivity contribution in [2.45, 2.75) is 39.0 Å². The van der Waals surface area contributed by atoms with Gasteiger partial charge in [-0.2, -0.15) is 5.10 Å². The maximum atomic E-state index is 12.4. The number of carbonyl (C=O) groups excluding carboxylic acids is 1. The average molecular weight is 340 g/mol. The third-order valence-electron chi connectivity index (χ3n) is 5.50. The molecule has 1 saturated carbocycles. The Kier molecular flexibility index (Phi) is 4.00. The molecule has 1 aliphatic heterocycles. The minimum atomic E-state index is -0.150. The Morgan fingerprint density at radius 3 is 2.88 bits per heavy atom. The summed E-state index contributed by atoms with van der Waals surface area (Å²) in [4.78, 5) is 12.4. The standard InChI is InChI=1S/C19H24N4O2/c1-19(2)16(15-8-11-25-17(15)19)22-18(24)21-14-6-4-13(5-7-14)12-23-10-3-9-20-23/h3-7,9-10,15-17H,8,11-12H2,1-2H3,(H2,21,22,24)/t15-,16+,17-/m0/s1. The van der Waals surface area contributed by atoms with Crippen LogP contribution in [0.4, 0.5) is 10.5 Å². The molecule has 0 radical (unpaired) electrons. The van der Waals surface area contributed by atoms with Crippen LogP contribution in [0.25, 0.3) is 0 Å². The Labute approximate surface area is 147 Å². The highest BCUT2D eigenvalue weighted by Gasteiger charge is 2.59. The van der Waals surface area contributed by atoms with Crippen molar-refractivity contribution in [2.75, 3.05) is 11.9 Å². The second-order valence-corrected chi connectivity index (χ2v) is 7.54. The first-order chi connectivity index (χ1) is 12.0. The quantitative estimate of drug-likeness (QED) is 0.899. The van der Waals surface area contributed by atoms with Crippen LogP contribution in [0.2, 0.25) is 0 Å². The maximum Gasteiger partial charge on any atom is 0.319 e. The summed E-state index contributed by atoms with van der Waals surface area (Å²) >= 11 is 0. The number of hydrogen-bond acceptors (Lipinski definition) is 3. The first-order valence-corrected chi connectivity index (χ1v) is 8.79. The van der Waals surface area contributed by atoms with Gasteiger partial charge in [-0.25, -0.2) is 4.79 Å². The summed E-state index contributed by atoms with van der Waals surface area (Å²) in [6, 6.07) is 9.78. The Morgan fingerprint density at radius 2 is 2.16 bits per heavy atom. The van der Waals surface area contributed by atoms with E-state index in [1.54, 1.807) is 6.20 Å². The number of nitrogens with zero attached hydrogens (tertiary/aromatic N) is 2. The van der Waals surface area contributed by atoms with Gasteiger partial charge in [0.2, 0.25) is 0 Å². The highest BCUT2D eigenvalue weighted by Crippen LogP contribution is 2.52. The van der Waals surface area contributed by atoms with Gasteiger partial charge in [0, 0.05) is 42.1 Å². The molecule has 2 aliphatic rings. The number of amides is 2. The van der Waals surface area contributed by atoms with Crippen molar-refractivity contribution >= 4 is 11.7 Å². The van der Waals surface area contributed by atoms with Crippen LogP contribution >= 0.6 is 0 Å². The number of benzene rings is 1. The lowest BCUT2D eigenvalue weighted by Gasteiger charge is -2.54. The predicted octanol–water partition coefficient (Wildman–Crippen LogP) is 2.87. The number of anilines is 1. The monoisotopic (exact) mass is 340 g/mol. The van der Waals surface area contributed by atoms with Gasteiger partial charge in [0.1, 0.15) is 0 Å². The Balaban J connectivity index is 1.33. The molecule has 2 fully saturated rings. The van der Waals surface area contributed by atoms with E-state index in [1.165, 1.54) is 0 Å². The zero-order valence-corrected chi connectivity index (χ0v) is 14.6. The number of urea groups is 1. The lowest BCUT2D eigenvalue weighted by Crippen LogP contribution is -2.67. The smallest absolute Gasteiger partial charge is 0.319 e. The predicted molar refractivity (Wildman–Crippen MR) is 95.3 cm³/mol. The maximum absolute atomic E-state index is 12.4. The molecule has 1 saturated heterocycles. The van der Waals surface area contributed by atoms with E-state index in [0.717, 1.165) is 30.8 Å². The normalized spacial score (nSPS) is 26.6. The van der Waals surface area contributed by atoms with Crippen molar-refractivity contribution in [3.63, 3.8) is 0 Å². The number of fused-ring (bicyclic) bond motifs is 1. The summed E-state index contributed by atoms with van der Waals surface area (Å²) in [7, 11) is 0. The van der Waals surface area contributed by atoms with Crippen LogP contribution in [0, 0.1) is 11.3 Å². The number of hydrogen-bond donors (Lipinski definition) is 2. The molecule has 0 bridgehead atoms. The number of nitrogens with one attached hydrogen (secondary N) is 2. The number of rotatable bonds is 4. The first-order valence-electron chi connectivity index (χ1n) is 8.79. The van der Waals surface area contributed by atoms with Crippen LogP contribution in [0.5, 0.6) is 0 Å². The van der Waals surface area contributed by atoms with Gasteiger partial charge in [-0.1, -0.05) is 26.0 Å². The van der Waals surface area contributed by atoms with Crippen molar-refractivity contribution in [2.24, 2.45) is 11.3 Å². The SMILES string of the molecule is CC1(C)[C@H](NC(=O)Nc2ccc(Cn3cccn3)cc2)[C@@H]2CCO[C@@H]21. The fourth-order valence-corrected chi connectivity index (χ4v) is 4.20. The van der Waals surface area contributed by atoms with E-state index >= 15 is 0 Å². The van der Waals surface area contributed by atoms with Crippen LogP contribution in [0.15, 0.2) is 42.7 Å². The third kappa shape index (κ3) is 3.02. The highest BCUT2D eigenvalue weighted by atomic mass is 16.5. The third-order valence-corrected chi connectivity index (χ3v) is 5.50. The molecule has 0 spiro atoms. The largest absolute Gasteiger partial charge is 0.377 e. The van der Waals surface area contributed by atoms with Crippen LogP contribution in [0.3, 0.4) is 0 Å². The van der Waals surface area contributed by atoms with Crippen LogP contribution in [-0.4, -0.2) is 34.6 Å². The van der Waals surface area contributed by atoms with E-state index < -0.39 is 0 Å². The molecule has 3 atom stereocenters. The molecule has 6 heteroatoms. The fourth-order valence-electron chi connectivity index (χ4n) is 4.20. The van der Waals surface area contributed by atoms with E-state index in [-0.39, 0.29) is 23.6 Å². The van der Waals surface area contributed by atoms with Crippen molar-refractivity contribution in [3.8, 4) is 0 Å². The molecular weight excluding hydrogens is 316 g/mol. The van der Waals surface area contributed by atoms with E-state index in [9.17, 15) is 4.79 Å². The van der Waals surface area contributed by atoms with Gasteiger partial charge in [0.15, 0.2) is 0 Å². The number of carbonyl (C=O) groups is 1. The van der Waals surface area contributed by atoms with Crippen LogP contribution < -0.4 is 10.6 Å². The van der Waals surface area contributed by atoms with E-state index in [2.05, 4.69) is 29.6 Å². The molecule has 25 heavy (non-hydrogen) atoms. The number of ether oxygens (including phenoxy) is 1. The zero-order valence-electron chi connectivity index (χ0n) is 14.6. The lowest BCUT2D eigenvalue weighted by atomic mass is 9.57. The second-order valence-electron chi connectivity index (χ2n) is 7.54. The zero-order chi connectivity index (χ0) is 17.4. The molecule has 1 aliphatic carbocycles. The highest BCUT2D eigenvalue weighted by molar-refractivity contribution is 5.89. The van der Waals surface area contributed by atoms with Crippen LogP contribution in [-0.2, 0) is 11.3 Å². The minimum absolute atomic E-state index is 0.00781. The van der Waals surface area contributed by atoms with Crippen molar-refractivity contribution < 1.29 is 9.53 Å². The van der Waals surface area contributed by atoms with E-state index in [1.807, 2.05) is 41.2 Å². The molecule has 2 heterocycles. The number of aromatic nitrogens is 2. The Morgan fingerprint density at radius 1 is 1.36 bits per heavy atom. The molecule has 2 aromatic rings. The Bertz CT molecular complexity index is 739. The second kappa shape index (κ2) is 6.19. The van der Waals surface area contributed by atoms with Crippen molar-refractivity contribution in [1.29, 1.82) is 0 Å². The summed E-state index contributed by atoms with van der Waals surface area (Å²) in [5.41, 5.74) is 1.92. The van der Waals surface area contributed by atoms with Crippen LogP contribution in [0.1, 0.15) is 25.8 Å². The van der Waals surface area contributed by atoms with Gasteiger partial charge >= 0.3 is 6.03 Å². The van der Waals surface area contributed by atoms with Gasteiger partial charge in [0.05, 0.1) is 12.6 Å². The molecule has 1 aromatic carbocycles. The molecule has 1 aromatic heterocycles. The molecule has 0 unspecified atom stereocenters. The van der Waals surface area contributed by atoms with Gasteiger partial charge in [-0.05, 0) is 30.2 Å². The summed E-state index contributed by atoms with van der Waals surface area (Å²) < 4.78 is 7.64. The molecular formula is C19H24N4O2. The Hall–Kier alpha value is -2.34. The summed E-state index contributed by atoms with van der Waals surface area (Å²) in [5, 5.41) is 10.3. The van der Waals surface area contributed by atoms with Gasteiger partial charge in [-0.15, -0.1) is 0 Å². The average Bonchev–Trinajstić information content (AvgIpc) is 3.25. The minimum Gasteiger partial charge on any atom is -0.377 e. The summed E-state index contributed by atoms with van der Waals surface area (Å²) in [6.07, 6.45) is 5.00. The molecule has 4 rings (SSSR count). The fraction of sp³-hybridized carbons (Fsp3) is 0.474. The lowest BCUT2D eigenvalue weighted by molar-refractivity contribution is -0.107. The molecule has 132 valence electrons. The van der Waals surface area contributed by atoms with Gasteiger partial charge < -0.3 is 15.4 Å². The molecule has 6 nitrogen and oxygen atoms in total. The topological polar surface area (TPSA) is 68.2 Å². The van der Waals surface area contributed by atoms with Crippen molar-refractivity contribution in [1.82, 2.24) is 15.1 Å². The van der Waals surface area contributed by atoms with Crippen molar-refractivity contribution in [3.05, 3.63) is 48.3 Å². The summed E-state index contributed by atoms with van der Waals surface area (Å²) in [5.74, 6) is 0.442. The molecule has 2 amide bonds. The van der Waals surface area contributed by atoms with E-state index in [0.29, 0.717) is 5.92 Å². The molecule has 2 N–H and O–H groups in total. The van der Waals surface area contributed by atoms with Gasteiger partial charge in [-0.3, -0.25) is 4.68 Å². The summed E-state index contributed by atoms with van der Waals surface area (Å²) in [6.45, 7) is 5.85.